The van der Waals surface area contributed by atoms with Gasteiger partial charge in [-0.15, -0.1) is 0 Å². The maximum atomic E-state index is 14.1. The van der Waals surface area contributed by atoms with Crippen molar-refractivity contribution >= 4 is 29.2 Å². The van der Waals surface area contributed by atoms with Gasteiger partial charge in [0.05, 0.1) is 22.8 Å². The Morgan fingerprint density at radius 1 is 0.968 bits per heavy atom. The molecular weight excluding hydrogens is 454 g/mol. The quantitative estimate of drug-likeness (QED) is 0.355. The molecule has 168 valence electrons. The minimum Gasteiger partial charge on any atom is -0.463 e. The number of carbonyl (C=O) groups is 2. The predicted molar refractivity (Wildman–Crippen MR) is 99.4 cm³/mol. The topological polar surface area (TPSA) is 67.4 Å². The van der Waals surface area contributed by atoms with Crippen molar-refractivity contribution in [1.82, 2.24) is 5.32 Å². The van der Waals surface area contributed by atoms with E-state index in [0.717, 1.165) is 18.2 Å². The van der Waals surface area contributed by atoms with Gasteiger partial charge in [0.25, 0.3) is 5.91 Å². The second-order valence-electron chi connectivity index (χ2n) is 6.07. The second-order valence-corrected chi connectivity index (χ2v) is 6.48. The van der Waals surface area contributed by atoms with Gasteiger partial charge in [-0.3, -0.25) is 4.79 Å². The highest BCUT2D eigenvalue weighted by Crippen LogP contribution is 2.39. The summed E-state index contributed by atoms with van der Waals surface area (Å²) in [6, 6.07) is 8.17. The molecule has 2 aromatic carbocycles. The third kappa shape index (κ3) is 5.22. The van der Waals surface area contributed by atoms with Crippen molar-refractivity contribution in [2.45, 2.75) is 24.9 Å². The SMILES string of the molecule is CCOC(=O)C(NC(=O)c1ccccc1Cl)(Nc1ccccc1C(F)(F)F)C(F)(F)F. The van der Waals surface area contributed by atoms with Crippen LogP contribution in [0, 0.1) is 0 Å². The molecule has 0 heterocycles. The fraction of sp³-hybridized carbons (Fsp3) is 0.263. The average Bonchev–Trinajstić information content (AvgIpc) is 2.66. The van der Waals surface area contributed by atoms with Gasteiger partial charge in [-0.25, -0.2) is 4.79 Å². The largest absolute Gasteiger partial charge is 0.463 e. The number of halogens is 7. The Hall–Kier alpha value is -2.95. The van der Waals surface area contributed by atoms with E-state index in [1.165, 1.54) is 35.8 Å². The highest BCUT2D eigenvalue weighted by atomic mass is 35.5. The standard InChI is InChI=1S/C19H15ClF6N2O3/c1-2-31-16(30)17(19(24,25)26,28-15(29)11-7-3-5-9-13(11)20)27-14-10-6-4-8-12(14)18(21,22)23/h3-10,27H,2H2,1H3,(H,28,29). The summed E-state index contributed by atoms with van der Waals surface area (Å²) in [5, 5.41) is 2.72. The Morgan fingerprint density at radius 3 is 2.10 bits per heavy atom. The van der Waals surface area contributed by atoms with E-state index in [9.17, 15) is 35.9 Å². The number of hydrogen-bond donors (Lipinski definition) is 2. The molecule has 0 radical (unpaired) electrons. The minimum absolute atomic E-state index is 0.240. The molecule has 1 atom stereocenters. The van der Waals surface area contributed by atoms with Gasteiger partial charge in [-0.05, 0) is 31.2 Å². The highest BCUT2D eigenvalue weighted by molar-refractivity contribution is 6.33. The van der Waals surface area contributed by atoms with E-state index in [0.29, 0.717) is 12.1 Å². The van der Waals surface area contributed by atoms with Crippen LogP contribution in [0.4, 0.5) is 32.0 Å². The van der Waals surface area contributed by atoms with Crippen LogP contribution in [0.25, 0.3) is 0 Å². The van der Waals surface area contributed by atoms with Gasteiger partial charge in [0.15, 0.2) is 0 Å². The first-order valence-corrected chi connectivity index (χ1v) is 8.96. The lowest BCUT2D eigenvalue weighted by Crippen LogP contribution is -2.69. The normalized spacial score (nSPS) is 13.8. The fourth-order valence-electron chi connectivity index (χ4n) is 2.55. The highest BCUT2D eigenvalue weighted by Gasteiger charge is 2.64. The number of para-hydroxylation sites is 1. The molecule has 2 rings (SSSR count). The van der Waals surface area contributed by atoms with Crippen LogP contribution >= 0.6 is 11.6 Å². The Labute approximate surface area is 177 Å². The maximum absolute atomic E-state index is 14.1. The number of hydrogen-bond acceptors (Lipinski definition) is 4. The van der Waals surface area contributed by atoms with Crippen molar-refractivity contribution in [1.29, 1.82) is 0 Å². The summed E-state index contributed by atoms with van der Waals surface area (Å²) in [7, 11) is 0. The summed E-state index contributed by atoms with van der Waals surface area (Å²) in [5.41, 5.74) is -7.06. The first kappa shape index (κ1) is 24.3. The number of alkyl halides is 6. The molecule has 0 saturated carbocycles. The van der Waals surface area contributed by atoms with Crippen LogP contribution in [-0.4, -0.2) is 30.3 Å². The molecule has 2 N–H and O–H groups in total. The third-order valence-electron chi connectivity index (χ3n) is 3.98. The van der Waals surface area contributed by atoms with Gasteiger partial charge in [-0.1, -0.05) is 35.9 Å². The second kappa shape index (κ2) is 9.04. The van der Waals surface area contributed by atoms with Gasteiger partial charge in [0, 0.05) is 5.69 Å². The molecule has 0 saturated heterocycles. The zero-order valence-electron chi connectivity index (χ0n) is 15.7. The number of amides is 1. The number of esters is 1. The molecule has 0 fully saturated rings. The number of nitrogens with one attached hydrogen (secondary N) is 2. The van der Waals surface area contributed by atoms with Crippen molar-refractivity contribution in [3.63, 3.8) is 0 Å². The molecule has 0 aromatic heterocycles. The molecule has 0 aliphatic carbocycles. The van der Waals surface area contributed by atoms with Gasteiger partial charge >= 0.3 is 24.0 Å². The fourth-order valence-corrected chi connectivity index (χ4v) is 2.78. The Kier molecular flexibility index (Phi) is 7.10. The molecule has 31 heavy (non-hydrogen) atoms. The maximum Gasteiger partial charge on any atom is 0.441 e. The lowest BCUT2D eigenvalue weighted by atomic mass is 10.1. The summed E-state index contributed by atoms with van der Waals surface area (Å²) >= 11 is 5.82. The first-order valence-electron chi connectivity index (χ1n) is 8.59. The van der Waals surface area contributed by atoms with Gasteiger partial charge < -0.3 is 15.4 Å². The monoisotopic (exact) mass is 468 g/mol. The Morgan fingerprint density at radius 2 is 1.55 bits per heavy atom. The van der Waals surface area contributed by atoms with Crippen molar-refractivity contribution in [3.05, 3.63) is 64.7 Å². The summed E-state index contributed by atoms with van der Waals surface area (Å²) in [4.78, 5) is 24.9. The van der Waals surface area contributed by atoms with E-state index in [-0.39, 0.29) is 5.02 Å². The number of ether oxygens (including phenoxy) is 1. The number of anilines is 1. The molecule has 1 unspecified atom stereocenters. The molecule has 5 nitrogen and oxygen atoms in total. The summed E-state index contributed by atoms with van der Waals surface area (Å²) in [6.07, 6.45) is -10.7. The van der Waals surface area contributed by atoms with Gasteiger partial charge in [0.2, 0.25) is 0 Å². The predicted octanol–water partition coefficient (Wildman–Crippen LogP) is 5.02. The molecule has 0 bridgehead atoms. The molecule has 0 aliphatic rings. The van der Waals surface area contributed by atoms with Crippen molar-refractivity contribution in [3.8, 4) is 0 Å². The van der Waals surface area contributed by atoms with E-state index >= 15 is 0 Å². The average molecular weight is 469 g/mol. The van der Waals surface area contributed by atoms with Crippen LogP contribution in [0.1, 0.15) is 22.8 Å². The lowest BCUT2D eigenvalue weighted by molar-refractivity contribution is -0.204. The van der Waals surface area contributed by atoms with Crippen LogP contribution in [0.3, 0.4) is 0 Å². The first-order chi connectivity index (χ1) is 14.3. The van der Waals surface area contributed by atoms with Gasteiger partial charge in [0.1, 0.15) is 0 Å². The Bertz CT molecular complexity index is 964. The summed E-state index contributed by atoms with van der Waals surface area (Å²) < 4.78 is 86.8. The molecule has 0 aliphatic heterocycles. The van der Waals surface area contributed by atoms with E-state index in [1.54, 1.807) is 0 Å². The zero-order chi connectivity index (χ0) is 23.4. The third-order valence-corrected chi connectivity index (χ3v) is 4.31. The van der Waals surface area contributed by atoms with E-state index in [4.69, 9.17) is 11.6 Å². The van der Waals surface area contributed by atoms with Crippen LogP contribution < -0.4 is 10.6 Å². The molecule has 12 heteroatoms. The van der Waals surface area contributed by atoms with Gasteiger partial charge in [-0.2, -0.15) is 26.3 Å². The van der Waals surface area contributed by atoms with Crippen LogP contribution in [0.15, 0.2) is 48.5 Å². The van der Waals surface area contributed by atoms with Crippen molar-refractivity contribution in [2.75, 3.05) is 11.9 Å². The summed E-state index contributed by atoms with van der Waals surface area (Å²) in [5.74, 6) is -3.52. The smallest absolute Gasteiger partial charge is 0.441 e. The molecular formula is C19H15ClF6N2O3. The lowest BCUT2D eigenvalue weighted by Gasteiger charge is -2.36. The Balaban J connectivity index is 2.64. The van der Waals surface area contributed by atoms with E-state index in [1.807, 2.05) is 0 Å². The molecule has 2 aromatic rings. The number of benzene rings is 2. The van der Waals surface area contributed by atoms with Crippen molar-refractivity contribution < 1.29 is 40.7 Å². The zero-order valence-corrected chi connectivity index (χ0v) is 16.5. The summed E-state index contributed by atoms with van der Waals surface area (Å²) in [6.45, 7) is 0.653. The minimum atomic E-state index is -5.62. The van der Waals surface area contributed by atoms with Crippen LogP contribution in [0.2, 0.25) is 5.02 Å². The van der Waals surface area contributed by atoms with Crippen molar-refractivity contribution in [2.24, 2.45) is 0 Å². The van der Waals surface area contributed by atoms with E-state index in [2.05, 4.69) is 4.74 Å². The molecule has 0 spiro atoms. The van der Waals surface area contributed by atoms with Crippen LogP contribution in [-0.2, 0) is 15.7 Å². The van der Waals surface area contributed by atoms with Crippen LogP contribution in [0.5, 0.6) is 0 Å². The number of carbonyl (C=O) groups excluding carboxylic acids is 2. The van der Waals surface area contributed by atoms with E-state index < -0.39 is 53.3 Å². The molecule has 1 amide bonds. The number of rotatable bonds is 6.